The third kappa shape index (κ3) is 2.16. The molecular formula is C16H22N2O. The number of hydrogen-bond acceptors (Lipinski definition) is 2. The molecule has 1 aromatic rings. The summed E-state index contributed by atoms with van der Waals surface area (Å²) in [5, 5.41) is 0. The van der Waals surface area contributed by atoms with E-state index in [1.54, 1.807) is 4.90 Å². The zero-order chi connectivity index (χ0) is 13.5. The second kappa shape index (κ2) is 4.64. The summed E-state index contributed by atoms with van der Waals surface area (Å²) in [6, 6.07) is 6.48. The van der Waals surface area contributed by atoms with Gasteiger partial charge in [-0.3, -0.25) is 4.79 Å². The third-order valence-corrected chi connectivity index (χ3v) is 4.90. The van der Waals surface area contributed by atoms with Crippen molar-refractivity contribution in [3.63, 3.8) is 0 Å². The van der Waals surface area contributed by atoms with Gasteiger partial charge in [-0.25, -0.2) is 0 Å². The van der Waals surface area contributed by atoms with Gasteiger partial charge in [0.25, 0.3) is 0 Å². The maximum atomic E-state index is 11.7. The second-order valence-electron chi connectivity index (χ2n) is 6.18. The van der Waals surface area contributed by atoms with Crippen LogP contribution in [0.25, 0.3) is 0 Å². The molecule has 1 heterocycles. The van der Waals surface area contributed by atoms with Gasteiger partial charge in [0.15, 0.2) is 0 Å². The summed E-state index contributed by atoms with van der Waals surface area (Å²) in [4.78, 5) is 13.5. The van der Waals surface area contributed by atoms with Gasteiger partial charge in [-0.2, -0.15) is 0 Å². The van der Waals surface area contributed by atoms with Crippen LogP contribution in [0.15, 0.2) is 18.2 Å². The minimum Gasteiger partial charge on any atom is -0.330 e. The van der Waals surface area contributed by atoms with Crippen LogP contribution in [0.5, 0.6) is 0 Å². The first-order chi connectivity index (χ1) is 9.13. The lowest BCUT2D eigenvalue weighted by atomic mass is 9.80. The van der Waals surface area contributed by atoms with Crippen molar-refractivity contribution in [3.8, 4) is 0 Å². The van der Waals surface area contributed by atoms with Crippen molar-refractivity contribution in [3.05, 3.63) is 29.3 Å². The highest BCUT2D eigenvalue weighted by Crippen LogP contribution is 2.40. The van der Waals surface area contributed by atoms with Gasteiger partial charge in [0.05, 0.1) is 6.42 Å². The molecule has 0 saturated heterocycles. The molecule has 1 aromatic carbocycles. The fourth-order valence-electron chi connectivity index (χ4n) is 3.64. The molecule has 102 valence electrons. The van der Waals surface area contributed by atoms with Crippen LogP contribution in [0.1, 0.15) is 36.8 Å². The third-order valence-electron chi connectivity index (χ3n) is 4.90. The Morgan fingerprint density at radius 3 is 2.74 bits per heavy atom. The van der Waals surface area contributed by atoms with Crippen LogP contribution in [0.4, 0.5) is 5.69 Å². The molecule has 0 atom stereocenters. The van der Waals surface area contributed by atoms with E-state index in [4.69, 9.17) is 5.73 Å². The fraction of sp³-hybridized carbons (Fsp3) is 0.562. The van der Waals surface area contributed by atoms with Gasteiger partial charge in [-0.05, 0) is 48.4 Å². The summed E-state index contributed by atoms with van der Waals surface area (Å²) in [6.45, 7) is 0.781. The average Bonchev–Trinajstić information content (AvgIpc) is 2.97. The van der Waals surface area contributed by atoms with Crippen molar-refractivity contribution >= 4 is 11.6 Å². The average molecular weight is 258 g/mol. The quantitative estimate of drug-likeness (QED) is 0.904. The lowest BCUT2D eigenvalue weighted by Gasteiger charge is -2.27. The van der Waals surface area contributed by atoms with E-state index in [9.17, 15) is 4.79 Å². The van der Waals surface area contributed by atoms with Crippen LogP contribution in [0.3, 0.4) is 0 Å². The fourth-order valence-corrected chi connectivity index (χ4v) is 3.64. The van der Waals surface area contributed by atoms with Crippen LogP contribution < -0.4 is 10.6 Å². The van der Waals surface area contributed by atoms with E-state index in [0.717, 1.165) is 18.7 Å². The van der Waals surface area contributed by atoms with E-state index < -0.39 is 0 Å². The molecule has 1 amide bonds. The van der Waals surface area contributed by atoms with Crippen LogP contribution in [0.2, 0.25) is 0 Å². The smallest absolute Gasteiger partial charge is 0.231 e. The molecule has 0 radical (unpaired) electrons. The first-order valence-corrected chi connectivity index (χ1v) is 7.22. The summed E-state index contributed by atoms with van der Waals surface area (Å²) >= 11 is 0. The number of carbonyl (C=O) groups is 1. The number of nitrogens with zero attached hydrogens (tertiary/aromatic N) is 1. The molecule has 1 saturated carbocycles. The van der Waals surface area contributed by atoms with Crippen LogP contribution >= 0.6 is 0 Å². The number of rotatable bonds is 3. The van der Waals surface area contributed by atoms with Gasteiger partial charge in [0, 0.05) is 12.7 Å². The Balaban J connectivity index is 1.84. The predicted octanol–water partition coefficient (Wildman–Crippen LogP) is 2.27. The van der Waals surface area contributed by atoms with Crippen molar-refractivity contribution in [2.75, 3.05) is 18.5 Å². The molecule has 1 fully saturated rings. The van der Waals surface area contributed by atoms with Gasteiger partial charge in [-0.1, -0.05) is 25.0 Å². The Morgan fingerprint density at radius 1 is 1.32 bits per heavy atom. The monoisotopic (exact) mass is 258 g/mol. The Morgan fingerprint density at radius 2 is 2.05 bits per heavy atom. The van der Waals surface area contributed by atoms with Crippen LogP contribution in [-0.2, 0) is 17.6 Å². The number of hydrogen-bond donors (Lipinski definition) is 1. The molecule has 1 aliphatic heterocycles. The summed E-state index contributed by atoms with van der Waals surface area (Å²) in [5.74, 6) is 0.196. The van der Waals surface area contributed by atoms with E-state index >= 15 is 0 Å². The molecular weight excluding hydrogens is 236 g/mol. The highest BCUT2D eigenvalue weighted by molar-refractivity contribution is 6.00. The molecule has 1 aliphatic carbocycles. The molecule has 2 N–H and O–H groups in total. The Kier molecular flexibility index (Phi) is 3.09. The van der Waals surface area contributed by atoms with E-state index in [2.05, 4.69) is 18.2 Å². The molecule has 2 aliphatic rings. The SMILES string of the molecule is CN1C(=O)Cc2cc(CC3(CN)CCCC3)ccc21. The zero-order valence-electron chi connectivity index (χ0n) is 11.6. The first-order valence-electron chi connectivity index (χ1n) is 7.22. The van der Waals surface area contributed by atoms with Gasteiger partial charge < -0.3 is 10.6 Å². The normalized spacial score (nSPS) is 20.9. The highest BCUT2D eigenvalue weighted by atomic mass is 16.2. The molecule has 0 bridgehead atoms. The molecule has 3 nitrogen and oxygen atoms in total. The molecule has 3 heteroatoms. The lowest BCUT2D eigenvalue weighted by molar-refractivity contribution is -0.117. The summed E-state index contributed by atoms with van der Waals surface area (Å²) in [7, 11) is 1.85. The van der Waals surface area contributed by atoms with E-state index in [0.29, 0.717) is 11.8 Å². The lowest BCUT2D eigenvalue weighted by Crippen LogP contribution is -2.29. The Labute approximate surface area is 114 Å². The molecule has 0 aromatic heterocycles. The van der Waals surface area contributed by atoms with Crippen molar-refractivity contribution in [2.24, 2.45) is 11.1 Å². The Bertz CT molecular complexity index is 503. The minimum absolute atomic E-state index is 0.196. The van der Waals surface area contributed by atoms with Crippen molar-refractivity contribution in [2.45, 2.75) is 38.5 Å². The molecule has 0 unspecified atom stereocenters. The van der Waals surface area contributed by atoms with Crippen LogP contribution in [-0.4, -0.2) is 19.5 Å². The van der Waals surface area contributed by atoms with E-state index in [-0.39, 0.29) is 5.91 Å². The predicted molar refractivity (Wildman–Crippen MR) is 77.2 cm³/mol. The van der Waals surface area contributed by atoms with Crippen molar-refractivity contribution in [1.29, 1.82) is 0 Å². The largest absolute Gasteiger partial charge is 0.330 e. The molecule has 0 spiro atoms. The summed E-state index contributed by atoms with van der Waals surface area (Å²) < 4.78 is 0. The number of fused-ring (bicyclic) bond motifs is 1. The summed E-state index contributed by atoms with van der Waals surface area (Å²) in [5.41, 5.74) is 9.91. The minimum atomic E-state index is 0.196. The topological polar surface area (TPSA) is 46.3 Å². The number of anilines is 1. The van der Waals surface area contributed by atoms with Crippen molar-refractivity contribution in [1.82, 2.24) is 0 Å². The molecule has 3 rings (SSSR count). The van der Waals surface area contributed by atoms with E-state index in [1.807, 2.05) is 7.05 Å². The van der Waals surface area contributed by atoms with Crippen LogP contribution in [0, 0.1) is 5.41 Å². The number of benzene rings is 1. The number of amides is 1. The maximum Gasteiger partial charge on any atom is 0.231 e. The van der Waals surface area contributed by atoms with Gasteiger partial charge in [0.2, 0.25) is 5.91 Å². The maximum absolute atomic E-state index is 11.7. The van der Waals surface area contributed by atoms with Crippen molar-refractivity contribution < 1.29 is 4.79 Å². The van der Waals surface area contributed by atoms with Gasteiger partial charge in [0.1, 0.15) is 0 Å². The van der Waals surface area contributed by atoms with Gasteiger partial charge in [-0.15, -0.1) is 0 Å². The standard InChI is InChI=1S/C16H22N2O/c1-18-14-5-4-12(8-13(14)9-15(18)19)10-16(11-17)6-2-3-7-16/h4-5,8H,2-3,6-7,9-11,17H2,1H3. The number of carbonyl (C=O) groups excluding carboxylic acids is 1. The number of nitrogens with two attached hydrogens (primary N) is 1. The summed E-state index contributed by atoms with van der Waals surface area (Å²) in [6.07, 6.45) is 6.73. The number of likely N-dealkylation sites (N-methyl/N-ethyl adjacent to an activating group) is 1. The van der Waals surface area contributed by atoms with E-state index in [1.165, 1.54) is 36.8 Å². The Hall–Kier alpha value is -1.35. The zero-order valence-corrected chi connectivity index (χ0v) is 11.6. The molecule has 19 heavy (non-hydrogen) atoms. The van der Waals surface area contributed by atoms with Gasteiger partial charge >= 0.3 is 0 Å². The highest BCUT2D eigenvalue weighted by Gasteiger charge is 2.33. The second-order valence-corrected chi connectivity index (χ2v) is 6.18. The first kappa shape index (κ1) is 12.7.